The summed E-state index contributed by atoms with van der Waals surface area (Å²) in [7, 11) is 0. The third kappa shape index (κ3) is 4.48. The topological polar surface area (TPSA) is 46.9 Å². The SMILES string of the molecule is O=C(/C=C/c1ccc(F)cc1)Nc1ccn(Cc2c(F)c(F)c(F)c(F)c2F)n1. The zero-order chi connectivity index (χ0) is 21.1. The van der Waals surface area contributed by atoms with Crippen LogP contribution in [0.25, 0.3) is 6.08 Å². The van der Waals surface area contributed by atoms with E-state index in [1.54, 1.807) is 0 Å². The summed E-state index contributed by atoms with van der Waals surface area (Å²) < 4.78 is 80.8. The van der Waals surface area contributed by atoms with Crippen LogP contribution in [-0.2, 0) is 11.3 Å². The van der Waals surface area contributed by atoms with Gasteiger partial charge in [0.2, 0.25) is 11.7 Å². The van der Waals surface area contributed by atoms with E-state index in [0.29, 0.717) is 5.56 Å². The van der Waals surface area contributed by atoms with Crippen LogP contribution in [0.4, 0.5) is 32.2 Å². The lowest BCUT2D eigenvalue weighted by atomic mass is 10.1. The van der Waals surface area contributed by atoms with E-state index in [9.17, 15) is 31.1 Å². The first-order valence-electron chi connectivity index (χ1n) is 8.04. The summed E-state index contributed by atoms with van der Waals surface area (Å²) in [6.45, 7) is -0.743. The van der Waals surface area contributed by atoms with Gasteiger partial charge in [0.25, 0.3) is 0 Å². The molecule has 0 spiro atoms. The molecule has 0 aliphatic carbocycles. The van der Waals surface area contributed by atoms with Crippen molar-refractivity contribution in [1.29, 1.82) is 0 Å². The average molecular weight is 411 g/mol. The molecule has 0 unspecified atom stereocenters. The lowest BCUT2D eigenvalue weighted by Crippen LogP contribution is -2.12. The van der Waals surface area contributed by atoms with Gasteiger partial charge in [-0.2, -0.15) is 5.10 Å². The monoisotopic (exact) mass is 411 g/mol. The quantitative estimate of drug-likeness (QED) is 0.293. The fourth-order valence-corrected chi connectivity index (χ4v) is 2.38. The predicted molar refractivity (Wildman–Crippen MR) is 91.6 cm³/mol. The summed E-state index contributed by atoms with van der Waals surface area (Å²) in [5.41, 5.74) is -0.489. The van der Waals surface area contributed by atoms with Crippen molar-refractivity contribution in [3.8, 4) is 0 Å². The molecule has 3 rings (SSSR count). The second kappa shape index (κ2) is 8.21. The summed E-state index contributed by atoms with van der Waals surface area (Å²) in [5, 5.41) is 6.17. The molecule has 0 atom stereocenters. The van der Waals surface area contributed by atoms with Crippen LogP contribution in [0.2, 0.25) is 0 Å². The van der Waals surface area contributed by atoms with Gasteiger partial charge in [0, 0.05) is 18.3 Å². The summed E-state index contributed by atoms with van der Waals surface area (Å²) in [4.78, 5) is 11.9. The Balaban J connectivity index is 1.70. The number of halogens is 6. The molecule has 0 fully saturated rings. The second-order valence-electron chi connectivity index (χ2n) is 5.82. The standard InChI is InChI=1S/C19H11F6N3O/c20-11-4-1-10(2-5-11)3-6-14(29)26-13-7-8-28(27-13)9-12-15(21)17(23)19(25)18(24)16(12)22/h1-8H,9H2,(H,26,27,29)/b6-3+. The summed E-state index contributed by atoms with van der Waals surface area (Å²) in [6.07, 6.45) is 3.76. The Morgan fingerprint density at radius 2 is 1.48 bits per heavy atom. The number of amides is 1. The number of hydrogen-bond donors (Lipinski definition) is 1. The normalized spacial score (nSPS) is 11.2. The number of nitrogens with zero attached hydrogens (tertiary/aromatic N) is 2. The number of carbonyl (C=O) groups excluding carboxylic acids is 1. The number of anilines is 1. The zero-order valence-electron chi connectivity index (χ0n) is 14.4. The number of hydrogen-bond acceptors (Lipinski definition) is 2. The van der Waals surface area contributed by atoms with E-state index in [0.717, 1.165) is 10.8 Å². The van der Waals surface area contributed by atoms with Crippen molar-refractivity contribution < 1.29 is 31.1 Å². The minimum atomic E-state index is -2.25. The Morgan fingerprint density at radius 1 is 0.897 bits per heavy atom. The van der Waals surface area contributed by atoms with Gasteiger partial charge >= 0.3 is 0 Å². The minimum Gasteiger partial charge on any atom is -0.306 e. The van der Waals surface area contributed by atoms with Crippen LogP contribution in [0.1, 0.15) is 11.1 Å². The highest BCUT2D eigenvalue weighted by atomic mass is 19.2. The first-order valence-corrected chi connectivity index (χ1v) is 8.04. The molecule has 29 heavy (non-hydrogen) atoms. The van der Waals surface area contributed by atoms with E-state index in [1.807, 2.05) is 0 Å². The Hall–Kier alpha value is -3.56. The summed E-state index contributed by atoms with van der Waals surface area (Å²) in [6, 6.07) is 6.63. The third-order valence-corrected chi connectivity index (χ3v) is 3.81. The first-order chi connectivity index (χ1) is 13.8. The lowest BCUT2D eigenvalue weighted by Gasteiger charge is -2.08. The molecule has 0 radical (unpaired) electrons. The van der Waals surface area contributed by atoms with Gasteiger partial charge in [0.15, 0.2) is 29.1 Å². The molecule has 0 saturated carbocycles. The Labute approximate surface area is 160 Å². The predicted octanol–water partition coefficient (Wildman–Crippen LogP) is 4.42. The van der Waals surface area contributed by atoms with Crippen molar-refractivity contribution in [3.05, 3.63) is 88.6 Å². The number of rotatable bonds is 5. The molecule has 2 aromatic carbocycles. The maximum Gasteiger partial charge on any atom is 0.249 e. The van der Waals surface area contributed by atoms with Gasteiger partial charge in [0.1, 0.15) is 5.82 Å². The van der Waals surface area contributed by atoms with E-state index < -0.39 is 52.9 Å². The largest absolute Gasteiger partial charge is 0.306 e. The van der Waals surface area contributed by atoms with Crippen LogP contribution in [0.3, 0.4) is 0 Å². The second-order valence-corrected chi connectivity index (χ2v) is 5.82. The maximum absolute atomic E-state index is 13.7. The fourth-order valence-electron chi connectivity index (χ4n) is 2.38. The van der Waals surface area contributed by atoms with Crippen LogP contribution in [0.15, 0.2) is 42.6 Å². The molecule has 1 heterocycles. The molecule has 1 aromatic heterocycles. The van der Waals surface area contributed by atoms with Crippen LogP contribution < -0.4 is 5.32 Å². The Morgan fingerprint density at radius 3 is 2.10 bits per heavy atom. The molecule has 0 aliphatic heterocycles. The highest BCUT2D eigenvalue weighted by Gasteiger charge is 2.25. The molecule has 0 bridgehead atoms. The van der Waals surface area contributed by atoms with E-state index in [1.165, 1.54) is 42.6 Å². The molecule has 3 aromatic rings. The van der Waals surface area contributed by atoms with Gasteiger partial charge in [-0.05, 0) is 23.8 Å². The van der Waals surface area contributed by atoms with Gasteiger partial charge < -0.3 is 5.32 Å². The van der Waals surface area contributed by atoms with Crippen molar-refractivity contribution in [2.24, 2.45) is 0 Å². The van der Waals surface area contributed by atoms with Crippen LogP contribution >= 0.6 is 0 Å². The number of benzene rings is 2. The van der Waals surface area contributed by atoms with E-state index in [-0.39, 0.29) is 5.82 Å². The first kappa shape index (κ1) is 20.2. The maximum atomic E-state index is 13.7. The highest BCUT2D eigenvalue weighted by Crippen LogP contribution is 2.23. The minimum absolute atomic E-state index is 0.0115. The third-order valence-electron chi connectivity index (χ3n) is 3.81. The number of nitrogens with one attached hydrogen (secondary N) is 1. The van der Waals surface area contributed by atoms with Gasteiger partial charge in [-0.25, -0.2) is 26.3 Å². The van der Waals surface area contributed by atoms with Crippen LogP contribution in [0, 0.1) is 34.9 Å². The number of aromatic nitrogens is 2. The molecule has 4 nitrogen and oxygen atoms in total. The van der Waals surface area contributed by atoms with Crippen molar-refractivity contribution in [3.63, 3.8) is 0 Å². The van der Waals surface area contributed by atoms with Crippen molar-refractivity contribution in [2.45, 2.75) is 6.54 Å². The molecule has 10 heteroatoms. The molecule has 0 aliphatic rings. The van der Waals surface area contributed by atoms with Crippen LogP contribution in [0.5, 0.6) is 0 Å². The van der Waals surface area contributed by atoms with Crippen molar-refractivity contribution in [1.82, 2.24) is 9.78 Å². The van der Waals surface area contributed by atoms with E-state index in [2.05, 4.69) is 10.4 Å². The Kier molecular flexibility index (Phi) is 5.71. The summed E-state index contributed by atoms with van der Waals surface area (Å²) >= 11 is 0. The molecule has 150 valence electrons. The highest BCUT2D eigenvalue weighted by molar-refractivity contribution is 6.01. The molecular formula is C19H11F6N3O. The van der Waals surface area contributed by atoms with Gasteiger partial charge in [-0.1, -0.05) is 12.1 Å². The van der Waals surface area contributed by atoms with E-state index in [4.69, 9.17) is 0 Å². The lowest BCUT2D eigenvalue weighted by molar-refractivity contribution is -0.111. The fraction of sp³-hybridized carbons (Fsp3) is 0.0526. The molecule has 1 N–H and O–H groups in total. The van der Waals surface area contributed by atoms with Crippen LogP contribution in [-0.4, -0.2) is 15.7 Å². The molecular weight excluding hydrogens is 400 g/mol. The van der Waals surface area contributed by atoms with Crippen molar-refractivity contribution in [2.75, 3.05) is 5.32 Å². The van der Waals surface area contributed by atoms with Gasteiger partial charge in [-0.15, -0.1) is 0 Å². The smallest absolute Gasteiger partial charge is 0.249 e. The Bertz CT molecular complexity index is 1060. The van der Waals surface area contributed by atoms with Crippen molar-refractivity contribution >= 4 is 17.8 Å². The van der Waals surface area contributed by atoms with Gasteiger partial charge in [0.05, 0.1) is 12.1 Å². The van der Waals surface area contributed by atoms with E-state index >= 15 is 0 Å². The number of carbonyl (C=O) groups is 1. The zero-order valence-corrected chi connectivity index (χ0v) is 14.4. The molecule has 1 amide bonds. The van der Waals surface area contributed by atoms with Gasteiger partial charge in [-0.3, -0.25) is 9.48 Å². The molecule has 0 saturated heterocycles. The summed E-state index contributed by atoms with van der Waals surface area (Å²) in [5.74, 6) is -11.3. The average Bonchev–Trinajstić information content (AvgIpc) is 3.14.